The third-order valence-electron chi connectivity index (χ3n) is 5.95. The van der Waals surface area contributed by atoms with Gasteiger partial charge in [0.2, 0.25) is 11.8 Å². The van der Waals surface area contributed by atoms with E-state index in [2.05, 4.69) is 5.32 Å². The van der Waals surface area contributed by atoms with E-state index in [-0.39, 0.29) is 17.3 Å². The van der Waals surface area contributed by atoms with Crippen molar-refractivity contribution in [3.63, 3.8) is 0 Å². The predicted molar refractivity (Wildman–Crippen MR) is 158 cm³/mol. The molecule has 8 nitrogen and oxygen atoms in total. The first kappa shape index (κ1) is 31.0. The maximum atomic E-state index is 13.9. The number of sulfonamides is 1. The minimum Gasteiger partial charge on any atom is -0.494 e. The molecule has 0 unspecified atom stereocenters. The molecule has 3 rings (SSSR count). The molecule has 214 valence electrons. The highest BCUT2D eigenvalue weighted by Crippen LogP contribution is 2.26. The third-order valence-corrected chi connectivity index (χ3v) is 7.98. The van der Waals surface area contributed by atoms with Gasteiger partial charge in [-0.15, -0.1) is 0 Å². The number of halogens is 1. The van der Waals surface area contributed by atoms with Crippen molar-refractivity contribution < 1.29 is 22.7 Å². The van der Waals surface area contributed by atoms with Crippen LogP contribution in [0.1, 0.15) is 40.2 Å². The molecule has 0 radical (unpaired) electrons. The first-order valence-electron chi connectivity index (χ1n) is 13.0. The van der Waals surface area contributed by atoms with Gasteiger partial charge in [-0.3, -0.25) is 13.9 Å². The zero-order valence-corrected chi connectivity index (χ0v) is 25.0. The topological polar surface area (TPSA) is 96.0 Å². The van der Waals surface area contributed by atoms with Crippen LogP contribution < -0.4 is 14.4 Å². The summed E-state index contributed by atoms with van der Waals surface area (Å²) in [4.78, 5) is 28.5. The van der Waals surface area contributed by atoms with Crippen molar-refractivity contribution in [2.24, 2.45) is 0 Å². The molecule has 0 bridgehead atoms. The lowest BCUT2D eigenvalue weighted by atomic mass is 10.1. The summed E-state index contributed by atoms with van der Waals surface area (Å²) < 4.78 is 34.3. The Morgan fingerprint density at radius 2 is 1.62 bits per heavy atom. The van der Waals surface area contributed by atoms with Crippen LogP contribution in [-0.4, -0.2) is 49.9 Å². The first-order chi connectivity index (χ1) is 18.8. The zero-order chi connectivity index (χ0) is 29.5. The molecule has 1 atom stereocenters. The van der Waals surface area contributed by atoms with Gasteiger partial charge in [-0.2, -0.15) is 0 Å². The summed E-state index contributed by atoms with van der Waals surface area (Å²) in [5.74, 6) is -0.367. The van der Waals surface area contributed by atoms with Crippen LogP contribution in [0.4, 0.5) is 5.69 Å². The van der Waals surface area contributed by atoms with Crippen molar-refractivity contribution in [2.45, 2.75) is 57.6 Å². The number of anilines is 1. The molecule has 10 heteroatoms. The summed E-state index contributed by atoms with van der Waals surface area (Å²) in [6.07, 6.45) is 0. The minimum atomic E-state index is -4.16. The van der Waals surface area contributed by atoms with Crippen LogP contribution in [0.3, 0.4) is 0 Å². The maximum Gasteiger partial charge on any atom is 0.264 e. The van der Waals surface area contributed by atoms with E-state index in [1.165, 1.54) is 17.0 Å². The number of carbonyl (C=O) groups excluding carboxylic acids is 2. The van der Waals surface area contributed by atoms with Crippen LogP contribution in [0.2, 0.25) is 5.02 Å². The lowest BCUT2D eigenvalue weighted by molar-refractivity contribution is -0.140. The van der Waals surface area contributed by atoms with Gasteiger partial charge in [0, 0.05) is 17.1 Å². The summed E-state index contributed by atoms with van der Waals surface area (Å²) in [7, 11) is -4.16. The number of nitrogens with one attached hydrogen (secondary N) is 1. The van der Waals surface area contributed by atoms with E-state index in [0.717, 1.165) is 4.31 Å². The van der Waals surface area contributed by atoms with Crippen LogP contribution in [0.25, 0.3) is 0 Å². The van der Waals surface area contributed by atoms with Crippen LogP contribution in [0, 0.1) is 0 Å². The summed E-state index contributed by atoms with van der Waals surface area (Å²) >= 11 is 6.18. The molecule has 0 aromatic heterocycles. The van der Waals surface area contributed by atoms with Crippen LogP contribution in [0.15, 0.2) is 83.8 Å². The predicted octanol–water partition coefficient (Wildman–Crippen LogP) is 5.27. The van der Waals surface area contributed by atoms with Crippen LogP contribution in [-0.2, 0) is 26.2 Å². The molecule has 2 amide bonds. The SMILES string of the molecule is CCOc1ccc(S(=O)(=O)N(CC(=O)N(Cc2cccc(Cl)c2)[C@@H](C)C(=O)NC(C)(C)C)c2ccccc2)cc1. The molecule has 3 aromatic carbocycles. The highest BCUT2D eigenvalue weighted by molar-refractivity contribution is 7.92. The molecule has 3 aromatic rings. The van der Waals surface area contributed by atoms with Gasteiger partial charge in [0.05, 0.1) is 17.2 Å². The number of benzene rings is 3. The number of ether oxygens (including phenoxy) is 1. The largest absolute Gasteiger partial charge is 0.494 e. The van der Waals surface area contributed by atoms with Gasteiger partial charge >= 0.3 is 0 Å². The normalized spacial score (nSPS) is 12.3. The lowest BCUT2D eigenvalue weighted by Gasteiger charge is -2.33. The Kier molecular flexibility index (Phi) is 10.2. The molecule has 0 saturated heterocycles. The third kappa shape index (κ3) is 8.22. The standard InChI is InChI=1S/C30H36ClN3O5S/c1-6-39-26-15-17-27(18-16-26)40(37,38)34(25-13-8-7-9-14-25)21-28(35)33(20-23-11-10-12-24(31)19-23)22(2)29(36)32-30(3,4)5/h7-19,22H,6,20-21H2,1-5H3,(H,32,36)/t22-/m0/s1. The Labute approximate surface area is 241 Å². The van der Waals surface area contributed by atoms with Gasteiger partial charge in [-0.05, 0) is 88.7 Å². The molecule has 0 aliphatic heterocycles. The summed E-state index contributed by atoms with van der Waals surface area (Å²) in [5.41, 5.74) is 0.500. The number of amides is 2. The van der Waals surface area contributed by atoms with Crippen molar-refractivity contribution in [3.8, 4) is 5.75 Å². The molecule has 1 N–H and O–H groups in total. The number of carbonyl (C=O) groups is 2. The van der Waals surface area contributed by atoms with E-state index < -0.39 is 34.1 Å². The van der Waals surface area contributed by atoms with E-state index in [9.17, 15) is 18.0 Å². The Morgan fingerprint density at radius 1 is 0.975 bits per heavy atom. The Balaban J connectivity index is 2.00. The molecular weight excluding hydrogens is 550 g/mol. The van der Waals surface area contributed by atoms with Crippen molar-refractivity contribution >= 4 is 39.1 Å². The molecule has 0 spiro atoms. The second kappa shape index (κ2) is 13.2. The van der Waals surface area contributed by atoms with E-state index in [4.69, 9.17) is 16.3 Å². The highest BCUT2D eigenvalue weighted by Gasteiger charge is 2.33. The molecule has 0 aliphatic rings. The van der Waals surface area contributed by atoms with E-state index >= 15 is 0 Å². The smallest absolute Gasteiger partial charge is 0.264 e. The van der Waals surface area contributed by atoms with E-state index in [0.29, 0.717) is 28.6 Å². The van der Waals surface area contributed by atoms with Gasteiger partial charge in [-0.1, -0.05) is 41.9 Å². The fourth-order valence-electron chi connectivity index (χ4n) is 4.01. The molecule has 0 saturated carbocycles. The number of rotatable bonds is 11. The highest BCUT2D eigenvalue weighted by atomic mass is 35.5. The van der Waals surface area contributed by atoms with Crippen molar-refractivity contribution in [3.05, 3.63) is 89.4 Å². The minimum absolute atomic E-state index is 0.00696. The lowest BCUT2D eigenvalue weighted by Crippen LogP contribution is -2.54. The number of hydrogen-bond acceptors (Lipinski definition) is 5. The first-order valence-corrected chi connectivity index (χ1v) is 14.8. The van der Waals surface area contributed by atoms with Crippen molar-refractivity contribution in [1.29, 1.82) is 0 Å². The summed E-state index contributed by atoms with van der Waals surface area (Å²) in [6.45, 7) is 8.99. The van der Waals surface area contributed by atoms with Crippen molar-refractivity contribution in [2.75, 3.05) is 17.5 Å². The Morgan fingerprint density at radius 3 is 2.20 bits per heavy atom. The maximum absolute atomic E-state index is 13.9. The average molecular weight is 586 g/mol. The quantitative estimate of drug-likeness (QED) is 0.331. The zero-order valence-electron chi connectivity index (χ0n) is 23.4. The van der Waals surface area contributed by atoms with Gasteiger partial charge in [0.25, 0.3) is 10.0 Å². The number of para-hydroxylation sites is 1. The van der Waals surface area contributed by atoms with Gasteiger partial charge < -0.3 is 15.0 Å². The van der Waals surface area contributed by atoms with E-state index in [1.54, 1.807) is 73.7 Å². The van der Waals surface area contributed by atoms with Crippen LogP contribution in [0.5, 0.6) is 5.75 Å². The van der Waals surface area contributed by atoms with Gasteiger partial charge in [-0.25, -0.2) is 8.42 Å². The molecule has 0 aliphatic carbocycles. The second-order valence-corrected chi connectivity index (χ2v) is 12.6. The monoisotopic (exact) mass is 585 g/mol. The Bertz CT molecular complexity index is 1410. The second-order valence-electron chi connectivity index (χ2n) is 10.3. The van der Waals surface area contributed by atoms with Gasteiger partial charge in [0.1, 0.15) is 18.3 Å². The average Bonchev–Trinajstić information content (AvgIpc) is 2.90. The summed E-state index contributed by atoms with van der Waals surface area (Å²) in [6, 6.07) is 20.5. The molecule has 40 heavy (non-hydrogen) atoms. The fraction of sp³-hybridized carbons (Fsp3) is 0.333. The van der Waals surface area contributed by atoms with Crippen LogP contribution >= 0.6 is 11.6 Å². The molecule has 0 fully saturated rings. The summed E-state index contributed by atoms with van der Waals surface area (Å²) in [5, 5.41) is 3.39. The molecule has 0 heterocycles. The van der Waals surface area contributed by atoms with E-state index in [1.807, 2.05) is 27.7 Å². The van der Waals surface area contributed by atoms with Gasteiger partial charge in [0.15, 0.2) is 0 Å². The number of nitrogens with zero attached hydrogens (tertiary/aromatic N) is 2. The van der Waals surface area contributed by atoms with Crippen molar-refractivity contribution in [1.82, 2.24) is 10.2 Å². The molecular formula is C30H36ClN3O5S. The Hall–Kier alpha value is -3.56. The number of hydrogen-bond donors (Lipinski definition) is 1. The fourth-order valence-corrected chi connectivity index (χ4v) is 5.64.